The van der Waals surface area contributed by atoms with Crippen molar-refractivity contribution in [3.63, 3.8) is 0 Å². The molecule has 3 nitrogen and oxygen atoms in total. The van der Waals surface area contributed by atoms with Crippen LogP contribution < -0.4 is 11.1 Å². The molecule has 2 rings (SSSR count). The molecule has 0 saturated carbocycles. The normalized spacial score (nSPS) is 11.2. The number of nitrogens with two attached hydrogens (primary N) is 1. The molecule has 0 fully saturated rings. The Kier molecular flexibility index (Phi) is 4.38. The average molecular weight is 257 g/mol. The van der Waals surface area contributed by atoms with Crippen molar-refractivity contribution in [1.82, 2.24) is 4.98 Å². The minimum Gasteiger partial charge on any atom is -0.384 e. The van der Waals surface area contributed by atoms with Gasteiger partial charge in [-0.05, 0) is 49.6 Å². The molecule has 0 amide bonds. The van der Waals surface area contributed by atoms with E-state index in [4.69, 9.17) is 5.73 Å². The van der Waals surface area contributed by atoms with E-state index in [1.165, 1.54) is 16.6 Å². The van der Waals surface area contributed by atoms with Crippen LogP contribution >= 0.6 is 0 Å². The number of fused-ring (bicyclic) bond motifs is 1. The number of rotatable bonds is 5. The number of nitrogens with zero attached hydrogens (tertiary/aromatic N) is 1. The Hall–Kier alpha value is -1.61. The SMILES string of the molecule is Cc1cc(NCCCN)c2cc(C(C)C)ccc2n1. The van der Waals surface area contributed by atoms with E-state index in [0.717, 1.165) is 24.2 Å². The van der Waals surface area contributed by atoms with Gasteiger partial charge in [-0.25, -0.2) is 0 Å². The van der Waals surface area contributed by atoms with Crippen LogP contribution in [0.15, 0.2) is 24.3 Å². The maximum absolute atomic E-state index is 5.55. The molecule has 0 spiro atoms. The Morgan fingerprint density at radius 1 is 1.26 bits per heavy atom. The highest BCUT2D eigenvalue weighted by molar-refractivity contribution is 5.92. The van der Waals surface area contributed by atoms with Crippen LogP contribution in [-0.2, 0) is 0 Å². The molecule has 0 unspecified atom stereocenters. The zero-order valence-electron chi connectivity index (χ0n) is 12.0. The average Bonchev–Trinajstić information content (AvgIpc) is 2.38. The second-order valence-corrected chi connectivity index (χ2v) is 5.31. The van der Waals surface area contributed by atoms with Crippen LogP contribution in [0.2, 0.25) is 0 Å². The summed E-state index contributed by atoms with van der Waals surface area (Å²) < 4.78 is 0. The van der Waals surface area contributed by atoms with Crippen molar-refractivity contribution < 1.29 is 0 Å². The highest BCUT2D eigenvalue weighted by atomic mass is 14.9. The third kappa shape index (κ3) is 3.24. The van der Waals surface area contributed by atoms with Gasteiger partial charge in [0.15, 0.2) is 0 Å². The van der Waals surface area contributed by atoms with Gasteiger partial charge in [-0.3, -0.25) is 4.98 Å². The number of hydrogen-bond acceptors (Lipinski definition) is 3. The molecule has 102 valence electrons. The molecule has 0 aliphatic rings. The van der Waals surface area contributed by atoms with Crippen molar-refractivity contribution in [2.75, 3.05) is 18.4 Å². The van der Waals surface area contributed by atoms with Crippen molar-refractivity contribution >= 4 is 16.6 Å². The molecule has 1 heterocycles. The van der Waals surface area contributed by atoms with E-state index in [2.05, 4.69) is 48.4 Å². The van der Waals surface area contributed by atoms with Crippen LogP contribution in [-0.4, -0.2) is 18.1 Å². The van der Waals surface area contributed by atoms with E-state index in [-0.39, 0.29) is 0 Å². The summed E-state index contributed by atoms with van der Waals surface area (Å²) in [6, 6.07) is 8.65. The Balaban J connectivity index is 2.43. The molecular formula is C16H23N3. The molecule has 2 aromatic rings. The van der Waals surface area contributed by atoms with Gasteiger partial charge in [0, 0.05) is 23.3 Å². The summed E-state index contributed by atoms with van der Waals surface area (Å²) in [5.41, 5.74) is 10.2. The summed E-state index contributed by atoms with van der Waals surface area (Å²) in [6.07, 6.45) is 0.979. The van der Waals surface area contributed by atoms with E-state index in [1.54, 1.807) is 0 Å². The van der Waals surface area contributed by atoms with Crippen LogP contribution in [0.3, 0.4) is 0 Å². The monoisotopic (exact) mass is 257 g/mol. The molecule has 0 aliphatic carbocycles. The van der Waals surface area contributed by atoms with Gasteiger partial charge in [-0.1, -0.05) is 19.9 Å². The lowest BCUT2D eigenvalue weighted by Crippen LogP contribution is -2.09. The summed E-state index contributed by atoms with van der Waals surface area (Å²) in [5.74, 6) is 0.530. The van der Waals surface area contributed by atoms with Crippen molar-refractivity contribution in [1.29, 1.82) is 0 Å². The lowest BCUT2D eigenvalue weighted by Gasteiger charge is -2.13. The Morgan fingerprint density at radius 3 is 2.74 bits per heavy atom. The molecule has 1 aromatic heterocycles. The maximum Gasteiger partial charge on any atom is 0.0726 e. The van der Waals surface area contributed by atoms with Crippen LogP contribution in [0, 0.1) is 6.92 Å². The van der Waals surface area contributed by atoms with E-state index >= 15 is 0 Å². The summed E-state index contributed by atoms with van der Waals surface area (Å²) in [5, 5.41) is 4.68. The molecule has 0 radical (unpaired) electrons. The largest absolute Gasteiger partial charge is 0.384 e. The summed E-state index contributed by atoms with van der Waals surface area (Å²) in [6.45, 7) is 8.08. The predicted octanol–water partition coefficient (Wildman–Crippen LogP) is 3.43. The maximum atomic E-state index is 5.55. The second-order valence-electron chi connectivity index (χ2n) is 5.31. The predicted molar refractivity (Wildman–Crippen MR) is 82.7 cm³/mol. The van der Waals surface area contributed by atoms with Crippen LogP contribution in [0.4, 0.5) is 5.69 Å². The molecule has 0 atom stereocenters. The molecule has 19 heavy (non-hydrogen) atoms. The Morgan fingerprint density at radius 2 is 2.05 bits per heavy atom. The third-order valence-corrected chi connectivity index (χ3v) is 3.32. The topological polar surface area (TPSA) is 50.9 Å². The second kappa shape index (κ2) is 6.02. The first-order chi connectivity index (χ1) is 9.11. The standard InChI is InChI=1S/C16H23N3/c1-11(2)13-5-6-15-14(10-13)16(9-12(3)19-15)18-8-4-7-17/h5-6,9-11H,4,7-8,17H2,1-3H3,(H,18,19). The Bertz CT molecular complexity index is 561. The minimum atomic E-state index is 0.530. The van der Waals surface area contributed by atoms with E-state index in [9.17, 15) is 0 Å². The van der Waals surface area contributed by atoms with Crippen molar-refractivity contribution in [3.05, 3.63) is 35.5 Å². The number of benzene rings is 1. The first-order valence-corrected chi connectivity index (χ1v) is 6.97. The van der Waals surface area contributed by atoms with Gasteiger partial charge in [0.25, 0.3) is 0 Å². The minimum absolute atomic E-state index is 0.530. The van der Waals surface area contributed by atoms with Gasteiger partial charge in [-0.2, -0.15) is 0 Å². The molecule has 0 bridgehead atoms. The zero-order valence-corrected chi connectivity index (χ0v) is 12.0. The van der Waals surface area contributed by atoms with E-state index < -0.39 is 0 Å². The number of hydrogen-bond donors (Lipinski definition) is 2. The molecular weight excluding hydrogens is 234 g/mol. The highest BCUT2D eigenvalue weighted by Gasteiger charge is 2.06. The molecule has 0 aliphatic heterocycles. The van der Waals surface area contributed by atoms with Crippen molar-refractivity contribution in [2.24, 2.45) is 5.73 Å². The Labute approximate surface area is 115 Å². The zero-order chi connectivity index (χ0) is 13.8. The number of aromatic nitrogens is 1. The van der Waals surface area contributed by atoms with Gasteiger partial charge in [0.2, 0.25) is 0 Å². The fourth-order valence-electron chi connectivity index (χ4n) is 2.21. The number of aryl methyl sites for hydroxylation is 1. The fraction of sp³-hybridized carbons (Fsp3) is 0.438. The fourth-order valence-corrected chi connectivity index (χ4v) is 2.21. The quantitative estimate of drug-likeness (QED) is 0.807. The first kappa shape index (κ1) is 13.8. The van der Waals surface area contributed by atoms with Crippen molar-refractivity contribution in [3.8, 4) is 0 Å². The van der Waals surface area contributed by atoms with Crippen LogP contribution in [0.25, 0.3) is 10.9 Å². The molecule has 1 aromatic carbocycles. The summed E-state index contributed by atoms with van der Waals surface area (Å²) >= 11 is 0. The number of nitrogens with one attached hydrogen (secondary N) is 1. The van der Waals surface area contributed by atoms with Gasteiger partial charge < -0.3 is 11.1 Å². The summed E-state index contributed by atoms with van der Waals surface area (Å²) in [7, 11) is 0. The molecule has 0 saturated heterocycles. The lowest BCUT2D eigenvalue weighted by molar-refractivity contribution is 0.867. The van der Waals surface area contributed by atoms with Gasteiger partial charge in [0.05, 0.1) is 5.52 Å². The van der Waals surface area contributed by atoms with Crippen molar-refractivity contribution in [2.45, 2.75) is 33.1 Å². The van der Waals surface area contributed by atoms with E-state index in [1.807, 2.05) is 6.92 Å². The highest BCUT2D eigenvalue weighted by Crippen LogP contribution is 2.27. The number of pyridine rings is 1. The first-order valence-electron chi connectivity index (χ1n) is 6.97. The third-order valence-electron chi connectivity index (χ3n) is 3.32. The molecule has 3 heteroatoms. The summed E-state index contributed by atoms with van der Waals surface area (Å²) in [4.78, 5) is 4.60. The van der Waals surface area contributed by atoms with Gasteiger partial charge >= 0.3 is 0 Å². The lowest BCUT2D eigenvalue weighted by atomic mass is 10.00. The smallest absolute Gasteiger partial charge is 0.0726 e. The van der Waals surface area contributed by atoms with Gasteiger partial charge in [-0.15, -0.1) is 0 Å². The molecule has 3 N–H and O–H groups in total. The van der Waals surface area contributed by atoms with Gasteiger partial charge in [0.1, 0.15) is 0 Å². The van der Waals surface area contributed by atoms with E-state index in [0.29, 0.717) is 12.5 Å². The van der Waals surface area contributed by atoms with Crippen LogP contribution in [0.5, 0.6) is 0 Å². The van der Waals surface area contributed by atoms with Crippen LogP contribution in [0.1, 0.15) is 37.4 Å². The number of anilines is 1.